The van der Waals surface area contributed by atoms with Gasteiger partial charge >= 0.3 is 0 Å². The van der Waals surface area contributed by atoms with Gasteiger partial charge in [-0.25, -0.2) is 4.98 Å². The number of nitrogens with one attached hydrogen (secondary N) is 1. The Labute approximate surface area is 191 Å². The third-order valence-electron chi connectivity index (χ3n) is 5.93. The summed E-state index contributed by atoms with van der Waals surface area (Å²) in [7, 11) is 0. The summed E-state index contributed by atoms with van der Waals surface area (Å²) in [4.78, 5) is 42.4. The fourth-order valence-electron chi connectivity index (χ4n) is 4.11. The number of rotatable bonds is 6. The van der Waals surface area contributed by atoms with Crippen LogP contribution in [0, 0.1) is 0 Å². The second-order valence-electron chi connectivity index (χ2n) is 8.26. The molecule has 1 heterocycles. The van der Waals surface area contributed by atoms with E-state index in [-0.39, 0.29) is 23.3 Å². The van der Waals surface area contributed by atoms with Crippen LogP contribution in [-0.2, 0) is 4.79 Å². The number of benzene rings is 2. The maximum atomic E-state index is 13.4. The Hall–Kier alpha value is -2.93. The number of carbonyl (C=O) groups is 2. The van der Waals surface area contributed by atoms with E-state index in [1.807, 2.05) is 35.8 Å². The first kappa shape index (κ1) is 22.3. The van der Waals surface area contributed by atoms with E-state index in [0.29, 0.717) is 27.3 Å². The Morgan fingerprint density at radius 1 is 1.06 bits per heavy atom. The van der Waals surface area contributed by atoms with Crippen LogP contribution in [0.5, 0.6) is 0 Å². The molecule has 0 spiro atoms. The monoisotopic (exact) mass is 449 g/mol. The second kappa shape index (κ2) is 9.69. The highest BCUT2D eigenvalue weighted by Gasteiger charge is 2.25. The molecular formula is C25H27N3O3S. The Kier molecular flexibility index (Phi) is 6.74. The Bertz CT molecular complexity index is 1200. The Morgan fingerprint density at radius 2 is 1.75 bits per heavy atom. The van der Waals surface area contributed by atoms with Crippen LogP contribution in [0.1, 0.15) is 62.4 Å². The molecule has 166 valence electrons. The van der Waals surface area contributed by atoms with Crippen molar-refractivity contribution in [1.82, 2.24) is 9.55 Å². The molecule has 0 radical (unpaired) electrons. The van der Waals surface area contributed by atoms with Crippen LogP contribution in [-0.4, -0.2) is 26.5 Å². The van der Waals surface area contributed by atoms with Crippen molar-refractivity contribution in [2.75, 3.05) is 5.32 Å². The van der Waals surface area contributed by atoms with Gasteiger partial charge in [-0.05, 0) is 63.1 Å². The van der Waals surface area contributed by atoms with Gasteiger partial charge < -0.3 is 5.32 Å². The lowest BCUT2D eigenvalue weighted by Crippen LogP contribution is -2.30. The first-order valence-electron chi connectivity index (χ1n) is 11.0. The van der Waals surface area contributed by atoms with Crippen molar-refractivity contribution >= 4 is 40.0 Å². The van der Waals surface area contributed by atoms with E-state index in [2.05, 4.69) is 5.32 Å². The predicted molar refractivity (Wildman–Crippen MR) is 129 cm³/mol. The van der Waals surface area contributed by atoms with Gasteiger partial charge in [0.15, 0.2) is 10.9 Å². The van der Waals surface area contributed by atoms with Crippen LogP contribution in [0.15, 0.2) is 58.5 Å². The van der Waals surface area contributed by atoms with E-state index in [9.17, 15) is 14.4 Å². The molecule has 1 unspecified atom stereocenters. The van der Waals surface area contributed by atoms with Crippen molar-refractivity contribution in [3.8, 4) is 0 Å². The molecule has 0 saturated heterocycles. The minimum Gasteiger partial charge on any atom is -0.325 e. The standard InChI is InChI=1S/C25H27N3O3S/c1-16(29)18-12-14-19(15-13-18)26-23(30)17(2)32-25-27-22-11-7-6-10-21(22)24(31)28(25)20-8-4-3-5-9-20/h6-7,10-15,17,20H,3-5,8-9H2,1-2H3,(H,26,30). The zero-order valence-corrected chi connectivity index (χ0v) is 19.2. The summed E-state index contributed by atoms with van der Waals surface area (Å²) in [5.74, 6) is -0.196. The number of amides is 1. The van der Waals surface area contributed by atoms with E-state index in [1.165, 1.54) is 25.1 Å². The maximum absolute atomic E-state index is 13.4. The number of hydrogen-bond donors (Lipinski definition) is 1. The van der Waals surface area contributed by atoms with Gasteiger partial charge in [0.25, 0.3) is 5.56 Å². The molecule has 1 saturated carbocycles. The molecular weight excluding hydrogens is 422 g/mol. The molecule has 2 aromatic carbocycles. The number of anilines is 1. The summed E-state index contributed by atoms with van der Waals surface area (Å²) in [5, 5.41) is 3.65. The topological polar surface area (TPSA) is 81.1 Å². The summed E-state index contributed by atoms with van der Waals surface area (Å²) in [5.41, 5.74) is 1.85. The van der Waals surface area contributed by atoms with Gasteiger partial charge in [0.2, 0.25) is 5.91 Å². The fraction of sp³-hybridized carbons (Fsp3) is 0.360. The predicted octanol–water partition coefficient (Wildman–Crippen LogP) is 5.22. The van der Waals surface area contributed by atoms with E-state index in [4.69, 9.17) is 4.98 Å². The average Bonchev–Trinajstić information content (AvgIpc) is 2.80. The van der Waals surface area contributed by atoms with Gasteiger partial charge in [-0.15, -0.1) is 0 Å². The van der Waals surface area contributed by atoms with Crippen LogP contribution in [0.25, 0.3) is 10.9 Å². The van der Waals surface area contributed by atoms with E-state index < -0.39 is 5.25 Å². The highest BCUT2D eigenvalue weighted by Crippen LogP contribution is 2.32. The van der Waals surface area contributed by atoms with Crippen LogP contribution in [0.3, 0.4) is 0 Å². The van der Waals surface area contributed by atoms with Crippen LogP contribution in [0.4, 0.5) is 5.69 Å². The lowest BCUT2D eigenvalue weighted by atomic mass is 9.95. The molecule has 6 nitrogen and oxygen atoms in total. The third kappa shape index (κ3) is 4.78. The Balaban J connectivity index is 1.60. The molecule has 4 rings (SSSR count). The number of fused-ring (bicyclic) bond motifs is 1. The maximum Gasteiger partial charge on any atom is 0.262 e. The van der Waals surface area contributed by atoms with Crippen molar-refractivity contribution < 1.29 is 9.59 Å². The summed E-state index contributed by atoms with van der Waals surface area (Å²) in [6.45, 7) is 3.32. The van der Waals surface area contributed by atoms with E-state index in [1.54, 1.807) is 24.3 Å². The van der Waals surface area contributed by atoms with Crippen LogP contribution in [0.2, 0.25) is 0 Å². The first-order chi connectivity index (χ1) is 15.4. The zero-order chi connectivity index (χ0) is 22.7. The summed E-state index contributed by atoms with van der Waals surface area (Å²) in [6, 6.07) is 14.3. The highest BCUT2D eigenvalue weighted by atomic mass is 32.2. The number of nitrogens with zero attached hydrogens (tertiary/aromatic N) is 2. The van der Waals surface area contributed by atoms with Gasteiger partial charge in [-0.3, -0.25) is 19.0 Å². The molecule has 1 aromatic heterocycles. The number of thioether (sulfide) groups is 1. The SMILES string of the molecule is CC(=O)c1ccc(NC(=O)C(C)Sc2nc3ccccc3c(=O)n2C2CCCCC2)cc1. The van der Waals surface area contributed by atoms with Crippen LogP contribution < -0.4 is 10.9 Å². The van der Waals surface area contributed by atoms with E-state index >= 15 is 0 Å². The number of carbonyl (C=O) groups excluding carboxylic acids is 2. The fourth-order valence-corrected chi connectivity index (χ4v) is 5.09. The molecule has 0 aliphatic heterocycles. The zero-order valence-electron chi connectivity index (χ0n) is 18.3. The second-order valence-corrected chi connectivity index (χ2v) is 9.57. The third-order valence-corrected chi connectivity index (χ3v) is 6.99. The van der Waals surface area contributed by atoms with Crippen molar-refractivity contribution in [3.05, 3.63) is 64.4 Å². The molecule has 1 N–H and O–H groups in total. The van der Waals surface area contributed by atoms with Gasteiger partial charge in [0.1, 0.15) is 0 Å². The van der Waals surface area contributed by atoms with Crippen molar-refractivity contribution in [3.63, 3.8) is 0 Å². The lowest BCUT2D eigenvalue weighted by Gasteiger charge is -2.26. The summed E-state index contributed by atoms with van der Waals surface area (Å²) in [6.07, 6.45) is 5.30. The van der Waals surface area contributed by atoms with Crippen molar-refractivity contribution in [1.29, 1.82) is 0 Å². The number of Topliss-reactive ketones (excluding diaryl/α,β-unsaturated/α-hetero) is 1. The Morgan fingerprint density at radius 3 is 2.44 bits per heavy atom. The van der Waals surface area contributed by atoms with E-state index in [0.717, 1.165) is 25.7 Å². The number of para-hydroxylation sites is 1. The van der Waals surface area contributed by atoms with Gasteiger partial charge in [0.05, 0.1) is 16.2 Å². The number of aromatic nitrogens is 2. The van der Waals surface area contributed by atoms with Gasteiger partial charge in [0, 0.05) is 17.3 Å². The number of hydrogen-bond acceptors (Lipinski definition) is 5. The van der Waals surface area contributed by atoms with Gasteiger partial charge in [-0.2, -0.15) is 0 Å². The first-order valence-corrected chi connectivity index (χ1v) is 11.9. The van der Waals surface area contributed by atoms with Crippen molar-refractivity contribution in [2.24, 2.45) is 0 Å². The molecule has 1 aliphatic carbocycles. The molecule has 3 aromatic rings. The molecule has 7 heteroatoms. The lowest BCUT2D eigenvalue weighted by molar-refractivity contribution is -0.115. The molecule has 0 bridgehead atoms. The van der Waals surface area contributed by atoms with Crippen LogP contribution >= 0.6 is 11.8 Å². The minimum absolute atomic E-state index is 0.0186. The molecule has 1 fully saturated rings. The minimum atomic E-state index is -0.453. The largest absolute Gasteiger partial charge is 0.325 e. The smallest absolute Gasteiger partial charge is 0.262 e. The average molecular weight is 450 g/mol. The summed E-state index contributed by atoms with van der Waals surface area (Å²) < 4.78 is 1.82. The highest BCUT2D eigenvalue weighted by molar-refractivity contribution is 8.00. The quantitative estimate of drug-likeness (QED) is 0.317. The number of ketones is 1. The molecule has 1 atom stereocenters. The van der Waals surface area contributed by atoms with Crippen molar-refractivity contribution in [2.45, 2.75) is 62.4 Å². The normalized spacial score (nSPS) is 15.4. The summed E-state index contributed by atoms with van der Waals surface area (Å²) >= 11 is 1.31. The molecule has 1 amide bonds. The molecule has 1 aliphatic rings. The molecule has 32 heavy (non-hydrogen) atoms. The van der Waals surface area contributed by atoms with Gasteiger partial charge in [-0.1, -0.05) is 43.2 Å².